The molecule has 1 rings (SSSR count). The Balaban J connectivity index is 2.54. The highest BCUT2D eigenvalue weighted by molar-refractivity contribution is 9.11. The summed E-state index contributed by atoms with van der Waals surface area (Å²) in [5.41, 5.74) is 0. The van der Waals surface area contributed by atoms with Gasteiger partial charge in [0.2, 0.25) is 5.91 Å². The molecule has 0 spiro atoms. The highest BCUT2D eigenvalue weighted by atomic mass is 79.9. The van der Waals surface area contributed by atoms with E-state index in [2.05, 4.69) is 26.2 Å². The van der Waals surface area contributed by atoms with Gasteiger partial charge < -0.3 is 5.32 Å². The third kappa shape index (κ3) is 4.56. The maximum absolute atomic E-state index is 11.3. The van der Waals surface area contributed by atoms with Gasteiger partial charge >= 0.3 is 0 Å². The van der Waals surface area contributed by atoms with Gasteiger partial charge in [-0.1, -0.05) is 28.1 Å². The Morgan fingerprint density at radius 2 is 2.27 bits per heavy atom. The molecule has 0 unspecified atom stereocenters. The zero-order chi connectivity index (χ0) is 11.1. The summed E-state index contributed by atoms with van der Waals surface area (Å²) in [6.07, 6.45) is 6.60. The summed E-state index contributed by atoms with van der Waals surface area (Å²) in [7, 11) is 0. The molecular formula is C11H11BrN2O. The molecule has 0 saturated carbocycles. The van der Waals surface area contributed by atoms with Crippen LogP contribution in [0.3, 0.4) is 0 Å². The Kier molecular flexibility index (Phi) is 4.77. The predicted molar refractivity (Wildman–Crippen MR) is 64.7 cm³/mol. The molecule has 0 atom stereocenters. The molecule has 0 radical (unpaired) electrons. The Morgan fingerprint density at radius 3 is 2.87 bits per heavy atom. The molecule has 0 saturated heterocycles. The van der Waals surface area contributed by atoms with Crippen LogP contribution in [0.15, 0.2) is 47.1 Å². The van der Waals surface area contributed by atoms with E-state index in [0.29, 0.717) is 5.82 Å². The van der Waals surface area contributed by atoms with Gasteiger partial charge in [-0.3, -0.25) is 4.79 Å². The van der Waals surface area contributed by atoms with E-state index in [0.717, 1.165) is 4.48 Å². The summed E-state index contributed by atoms with van der Waals surface area (Å²) in [6, 6.07) is 5.34. The number of nitrogens with zero attached hydrogens (tertiary/aromatic N) is 1. The van der Waals surface area contributed by atoms with Gasteiger partial charge in [-0.15, -0.1) is 0 Å². The van der Waals surface area contributed by atoms with E-state index >= 15 is 0 Å². The minimum Gasteiger partial charge on any atom is -0.307 e. The van der Waals surface area contributed by atoms with Crippen LogP contribution in [-0.2, 0) is 4.79 Å². The number of hydrogen-bond donors (Lipinski definition) is 1. The molecule has 1 aromatic rings. The SMILES string of the molecule is C/C=C(Br)/C=C/C(=O)Nc1ccccn1. The number of allylic oxidation sites excluding steroid dienone is 3. The monoisotopic (exact) mass is 266 g/mol. The summed E-state index contributed by atoms with van der Waals surface area (Å²) in [5.74, 6) is 0.344. The molecule has 0 bridgehead atoms. The maximum atomic E-state index is 11.3. The first-order valence-electron chi connectivity index (χ1n) is 4.44. The Labute approximate surface area is 97.0 Å². The van der Waals surface area contributed by atoms with Gasteiger partial charge in [-0.05, 0) is 25.1 Å². The first kappa shape index (κ1) is 11.7. The molecule has 0 fully saturated rings. The molecule has 1 heterocycles. The number of anilines is 1. The van der Waals surface area contributed by atoms with Crippen molar-refractivity contribution in [3.8, 4) is 0 Å². The highest BCUT2D eigenvalue weighted by Crippen LogP contribution is 2.06. The van der Waals surface area contributed by atoms with E-state index in [-0.39, 0.29) is 5.91 Å². The van der Waals surface area contributed by atoms with E-state index in [1.807, 2.05) is 19.1 Å². The van der Waals surface area contributed by atoms with Crippen molar-refractivity contribution in [3.63, 3.8) is 0 Å². The van der Waals surface area contributed by atoms with Crippen LogP contribution < -0.4 is 5.32 Å². The highest BCUT2D eigenvalue weighted by Gasteiger charge is 1.96. The van der Waals surface area contributed by atoms with Crippen LogP contribution in [-0.4, -0.2) is 10.9 Å². The fraction of sp³-hybridized carbons (Fsp3) is 0.0909. The minimum absolute atomic E-state index is 0.201. The molecule has 1 amide bonds. The zero-order valence-electron chi connectivity index (χ0n) is 8.27. The van der Waals surface area contributed by atoms with E-state index in [1.54, 1.807) is 24.4 Å². The quantitative estimate of drug-likeness (QED) is 0.675. The average Bonchev–Trinajstić information content (AvgIpc) is 2.27. The van der Waals surface area contributed by atoms with Crippen molar-refractivity contribution in [1.82, 2.24) is 4.98 Å². The summed E-state index contributed by atoms with van der Waals surface area (Å²) in [5, 5.41) is 2.64. The van der Waals surface area contributed by atoms with Gasteiger partial charge in [0.25, 0.3) is 0 Å². The first-order chi connectivity index (χ1) is 7.22. The number of hydrogen-bond acceptors (Lipinski definition) is 2. The second-order valence-corrected chi connectivity index (χ2v) is 3.63. The van der Waals surface area contributed by atoms with Crippen LogP contribution in [0.1, 0.15) is 6.92 Å². The van der Waals surface area contributed by atoms with Crippen LogP contribution in [0.5, 0.6) is 0 Å². The smallest absolute Gasteiger partial charge is 0.249 e. The Bertz CT molecular complexity index is 385. The fourth-order valence-corrected chi connectivity index (χ4v) is 0.988. The van der Waals surface area contributed by atoms with Crippen molar-refractivity contribution in [2.45, 2.75) is 6.92 Å². The molecule has 0 aromatic carbocycles. The number of rotatable bonds is 3. The number of aromatic nitrogens is 1. The molecule has 3 nitrogen and oxygen atoms in total. The van der Waals surface area contributed by atoms with Crippen LogP contribution >= 0.6 is 15.9 Å². The number of halogens is 1. The third-order valence-electron chi connectivity index (χ3n) is 1.59. The van der Waals surface area contributed by atoms with Gasteiger partial charge in [0, 0.05) is 16.8 Å². The number of pyridine rings is 1. The van der Waals surface area contributed by atoms with E-state index in [9.17, 15) is 4.79 Å². The Hall–Kier alpha value is -1.42. The fourth-order valence-electron chi connectivity index (χ4n) is 0.856. The Morgan fingerprint density at radius 1 is 1.47 bits per heavy atom. The molecule has 0 aliphatic carbocycles. The number of nitrogens with one attached hydrogen (secondary N) is 1. The summed E-state index contributed by atoms with van der Waals surface area (Å²) in [4.78, 5) is 15.3. The minimum atomic E-state index is -0.201. The summed E-state index contributed by atoms with van der Waals surface area (Å²) in [6.45, 7) is 1.88. The first-order valence-corrected chi connectivity index (χ1v) is 5.23. The maximum Gasteiger partial charge on any atom is 0.249 e. The molecule has 0 aliphatic rings. The van der Waals surface area contributed by atoms with Crippen LogP contribution in [0.25, 0.3) is 0 Å². The van der Waals surface area contributed by atoms with Crippen LogP contribution in [0, 0.1) is 0 Å². The van der Waals surface area contributed by atoms with Crippen molar-refractivity contribution < 1.29 is 4.79 Å². The van der Waals surface area contributed by atoms with Crippen molar-refractivity contribution >= 4 is 27.7 Å². The number of carbonyl (C=O) groups excluding carboxylic acids is 1. The van der Waals surface area contributed by atoms with Crippen LogP contribution in [0.2, 0.25) is 0 Å². The number of amides is 1. The largest absolute Gasteiger partial charge is 0.307 e. The lowest BCUT2D eigenvalue weighted by molar-refractivity contribution is -0.111. The molecular weight excluding hydrogens is 256 g/mol. The van der Waals surface area contributed by atoms with E-state index in [1.165, 1.54) is 6.08 Å². The number of carbonyl (C=O) groups is 1. The summed E-state index contributed by atoms with van der Waals surface area (Å²) < 4.78 is 0.860. The van der Waals surface area contributed by atoms with Crippen LogP contribution in [0.4, 0.5) is 5.82 Å². The molecule has 0 aliphatic heterocycles. The zero-order valence-corrected chi connectivity index (χ0v) is 9.86. The predicted octanol–water partition coefficient (Wildman–Crippen LogP) is 2.88. The normalized spacial score (nSPS) is 11.7. The standard InChI is InChI=1S/C11H11BrN2O/c1-2-9(12)6-7-11(15)14-10-5-3-4-8-13-10/h2-8H,1H3,(H,13,14,15)/b7-6+,9-2-. The summed E-state index contributed by atoms with van der Waals surface area (Å²) >= 11 is 3.27. The van der Waals surface area contributed by atoms with Gasteiger partial charge in [-0.2, -0.15) is 0 Å². The second-order valence-electron chi connectivity index (χ2n) is 2.71. The van der Waals surface area contributed by atoms with Gasteiger partial charge in [0.15, 0.2) is 0 Å². The van der Waals surface area contributed by atoms with Gasteiger partial charge in [0.05, 0.1) is 0 Å². The molecule has 78 valence electrons. The average molecular weight is 267 g/mol. The molecule has 1 N–H and O–H groups in total. The van der Waals surface area contributed by atoms with Gasteiger partial charge in [0.1, 0.15) is 5.82 Å². The van der Waals surface area contributed by atoms with Crippen molar-refractivity contribution in [3.05, 3.63) is 47.1 Å². The lowest BCUT2D eigenvalue weighted by Crippen LogP contribution is -2.08. The van der Waals surface area contributed by atoms with Crippen molar-refractivity contribution in [2.24, 2.45) is 0 Å². The topological polar surface area (TPSA) is 42.0 Å². The second kappa shape index (κ2) is 6.14. The third-order valence-corrected chi connectivity index (χ3v) is 2.31. The van der Waals surface area contributed by atoms with E-state index in [4.69, 9.17) is 0 Å². The van der Waals surface area contributed by atoms with E-state index < -0.39 is 0 Å². The molecule has 4 heteroatoms. The van der Waals surface area contributed by atoms with Crippen molar-refractivity contribution in [2.75, 3.05) is 5.32 Å². The van der Waals surface area contributed by atoms with Gasteiger partial charge in [-0.25, -0.2) is 4.98 Å². The molecule has 1 aromatic heterocycles. The lowest BCUT2D eigenvalue weighted by Gasteiger charge is -1.98. The molecule has 15 heavy (non-hydrogen) atoms. The van der Waals surface area contributed by atoms with Crippen molar-refractivity contribution in [1.29, 1.82) is 0 Å². The lowest BCUT2D eigenvalue weighted by atomic mass is 10.4.